The number of halogens is 2. The quantitative estimate of drug-likeness (QED) is 0.818. The van der Waals surface area contributed by atoms with Crippen LogP contribution in [0.15, 0.2) is 36.4 Å². The summed E-state index contributed by atoms with van der Waals surface area (Å²) in [6.07, 6.45) is 0.729. The summed E-state index contributed by atoms with van der Waals surface area (Å²) in [5.41, 5.74) is 1.53. The van der Waals surface area contributed by atoms with Crippen LogP contribution in [-0.2, 0) is 4.79 Å². The number of carbonyl (C=O) groups excluding carboxylic acids is 2. The van der Waals surface area contributed by atoms with E-state index in [1.807, 2.05) is 19.9 Å². The molecule has 1 N–H and O–H groups in total. The first-order valence-corrected chi connectivity index (χ1v) is 8.64. The molecule has 5 nitrogen and oxygen atoms in total. The number of benzene rings is 1. The van der Waals surface area contributed by atoms with Gasteiger partial charge in [0.2, 0.25) is 5.91 Å². The van der Waals surface area contributed by atoms with Gasteiger partial charge in [0.1, 0.15) is 12.2 Å². The van der Waals surface area contributed by atoms with Crippen LogP contribution in [-0.4, -0.2) is 34.8 Å². The minimum atomic E-state index is -0.335. The van der Waals surface area contributed by atoms with Crippen molar-refractivity contribution in [3.63, 3.8) is 0 Å². The molecule has 1 aromatic heterocycles. The van der Waals surface area contributed by atoms with E-state index in [-0.39, 0.29) is 18.4 Å². The van der Waals surface area contributed by atoms with Gasteiger partial charge in [-0.1, -0.05) is 36.2 Å². The van der Waals surface area contributed by atoms with Gasteiger partial charge in [0.15, 0.2) is 0 Å². The highest BCUT2D eigenvalue weighted by Gasteiger charge is 2.20. The maximum atomic E-state index is 12.6. The number of aryl methyl sites for hydroxylation is 1. The third-order valence-corrected chi connectivity index (χ3v) is 3.98. The van der Waals surface area contributed by atoms with Crippen LogP contribution in [0.1, 0.15) is 29.5 Å². The SMILES string of the molecule is CCCN(CC(=O)Nc1ccc(Cl)cc1Cl)C(=O)c1cccc(C)n1. The third-order valence-electron chi connectivity index (χ3n) is 3.43. The Bertz CT molecular complexity index is 781. The van der Waals surface area contributed by atoms with Crippen LogP contribution in [0.5, 0.6) is 0 Å². The molecule has 2 rings (SSSR count). The van der Waals surface area contributed by atoms with Crippen molar-refractivity contribution in [1.29, 1.82) is 0 Å². The smallest absolute Gasteiger partial charge is 0.272 e. The van der Waals surface area contributed by atoms with Crippen LogP contribution < -0.4 is 5.32 Å². The number of aromatic nitrogens is 1. The third kappa shape index (κ3) is 5.44. The average molecular weight is 380 g/mol. The number of nitrogens with zero attached hydrogens (tertiary/aromatic N) is 2. The van der Waals surface area contributed by atoms with E-state index in [4.69, 9.17) is 23.2 Å². The van der Waals surface area contributed by atoms with Gasteiger partial charge >= 0.3 is 0 Å². The molecule has 2 amide bonds. The van der Waals surface area contributed by atoms with E-state index in [1.165, 1.54) is 4.90 Å². The lowest BCUT2D eigenvalue weighted by Crippen LogP contribution is -2.39. The molecule has 1 aromatic carbocycles. The fraction of sp³-hybridized carbons (Fsp3) is 0.278. The molecular formula is C18H19Cl2N3O2. The van der Waals surface area contributed by atoms with Crippen molar-refractivity contribution < 1.29 is 9.59 Å². The maximum absolute atomic E-state index is 12.6. The van der Waals surface area contributed by atoms with Gasteiger partial charge in [-0.3, -0.25) is 9.59 Å². The Morgan fingerprint density at radius 1 is 1.20 bits per heavy atom. The summed E-state index contributed by atoms with van der Waals surface area (Å²) in [6.45, 7) is 4.13. The van der Waals surface area contributed by atoms with Crippen LogP contribution in [0, 0.1) is 6.92 Å². The molecule has 0 spiro atoms. The standard InChI is InChI=1S/C18H19Cl2N3O2/c1-3-9-23(18(25)16-6-4-5-12(2)21-16)11-17(24)22-15-8-7-13(19)10-14(15)20/h4-8,10H,3,9,11H2,1-2H3,(H,22,24). The lowest BCUT2D eigenvalue weighted by molar-refractivity contribution is -0.116. The van der Waals surface area contributed by atoms with Gasteiger partial charge in [0.05, 0.1) is 10.7 Å². The summed E-state index contributed by atoms with van der Waals surface area (Å²) in [4.78, 5) is 30.7. The molecule has 0 aliphatic heterocycles. The predicted molar refractivity (Wildman–Crippen MR) is 100 cm³/mol. The monoisotopic (exact) mass is 379 g/mol. The van der Waals surface area contributed by atoms with E-state index in [0.29, 0.717) is 28.0 Å². The lowest BCUT2D eigenvalue weighted by Gasteiger charge is -2.21. The Morgan fingerprint density at radius 2 is 1.96 bits per heavy atom. The van der Waals surface area contributed by atoms with Crippen molar-refractivity contribution in [3.8, 4) is 0 Å². The average Bonchev–Trinajstić information content (AvgIpc) is 2.56. The number of nitrogens with one attached hydrogen (secondary N) is 1. The van der Waals surface area contributed by atoms with E-state index < -0.39 is 0 Å². The van der Waals surface area contributed by atoms with Gasteiger partial charge in [-0.2, -0.15) is 0 Å². The van der Waals surface area contributed by atoms with Crippen molar-refractivity contribution in [2.24, 2.45) is 0 Å². The first-order valence-electron chi connectivity index (χ1n) is 7.88. The Balaban J connectivity index is 2.09. The molecule has 0 aliphatic rings. The number of carbonyl (C=O) groups is 2. The summed E-state index contributed by atoms with van der Waals surface area (Å²) < 4.78 is 0. The molecule has 2 aromatic rings. The zero-order valence-electron chi connectivity index (χ0n) is 14.1. The first-order chi connectivity index (χ1) is 11.9. The molecule has 132 valence electrons. The largest absolute Gasteiger partial charge is 0.328 e. The molecule has 0 bridgehead atoms. The van der Waals surface area contributed by atoms with E-state index in [1.54, 1.807) is 30.3 Å². The zero-order valence-corrected chi connectivity index (χ0v) is 15.6. The molecule has 25 heavy (non-hydrogen) atoms. The molecule has 0 fully saturated rings. The highest BCUT2D eigenvalue weighted by atomic mass is 35.5. The van der Waals surface area contributed by atoms with Crippen molar-refractivity contribution in [2.75, 3.05) is 18.4 Å². The van der Waals surface area contributed by atoms with Gasteiger partial charge in [-0.05, 0) is 43.7 Å². The number of hydrogen-bond donors (Lipinski definition) is 1. The highest BCUT2D eigenvalue weighted by Crippen LogP contribution is 2.25. The number of rotatable bonds is 6. The number of pyridine rings is 1. The minimum absolute atomic E-state index is 0.0821. The second-order valence-electron chi connectivity index (χ2n) is 5.56. The second kappa shape index (κ2) is 8.83. The van der Waals surface area contributed by atoms with Gasteiger partial charge in [0, 0.05) is 17.3 Å². The van der Waals surface area contributed by atoms with Gasteiger partial charge in [0.25, 0.3) is 5.91 Å². The Morgan fingerprint density at radius 3 is 2.60 bits per heavy atom. The second-order valence-corrected chi connectivity index (χ2v) is 6.41. The van der Waals surface area contributed by atoms with Crippen LogP contribution in [0.4, 0.5) is 5.69 Å². The van der Waals surface area contributed by atoms with Crippen molar-refractivity contribution >= 4 is 40.7 Å². The zero-order chi connectivity index (χ0) is 18.4. The molecule has 0 atom stereocenters. The summed E-state index contributed by atoms with van der Waals surface area (Å²) >= 11 is 11.9. The highest BCUT2D eigenvalue weighted by molar-refractivity contribution is 6.36. The number of hydrogen-bond acceptors (Lipinski definition) is 3. The summed E-state index contributed by atoms with van der Waals surface area (Å²) in [7, 11) is 0. The summed E-state index contributed by atoms with van der Waals surface area (Å²) in [6, 6.07) is 10.0. The van der Waals surface area contributed by atoms with Crippen molar-refractivity contribution in [1.82, 2.24) is 9.88 Å². The van der Waals surface area contributed by atoms with Crippen LogP contribution in [0.25, 0.3) is 0 Å². The molecule has 0 saturated carbocycles. The first kappa shape index (κ1) is 19.2. The Hall–Kier alpha value is -2.11. The van der Waals surface area contributed by atoms with Crippen molar-refractivity contribution in [3.05, 3.63) is 57.8 Å². The van der Waals surface area contributed by atoms with E-state index in [2.05, 4.69) is 10.3 Å². The van der Waals surface area contributed by atoms with Crippen molar-refractivity contribution in [2.45, 2.75) is 20.3 Å². The molecule has 7 heteroatoms. The van der Waals surface area contributed by atoms with Crippen LogP contribution >= 0.6 is 23.2 Å². The maximum Gasteiger partial charge on any atom is 0.272 e. The fourth-order valence-electron chi connectivity index (χ4n) is 2.30. The summed E-state index contributed by atoms with van der Waals surface area (Å²) in [5.74, 6) is -0.610. The Kier molecular flexibility index (Phi) is 6.79. The van der Waals surface area contributed by atoms with E-state index >= 15 is 0 Å². The van der Waals surface area contributed by atoms with Crippen LogP contribution in [0.2, 0.25) is 10.0 Å². The minimum Gasteiger partial charge on any atom is -0.328 e. The molecule has 0 saturated heterocycles. The van der Waals surface area contributed by atoms with Gasteiger partial charge in [-0.15, -0.1) is 0 Å². The molecule has 1 heterocycles. The lowest BCUT2D eigenvalue weighted by atomic mass is 10.2. The molecule has 0 aliphatic carbocycles. The number of anilines is 1. The predicted octanol–water partition coefficient (Wildman–Crippen LogP) is 4.19. The van der Waals surface area contributed by atoms with Gasteiger partial charge < -0.3 is 10.2 Å². The fourth-order valence-corrected chi connectivity index (χ4v) is 2.76. The van der Waals surface area contributed by atoms with E-state index in [9.17, 15) is 9.59 Å². The summed E-state index contributed by atoms with van der Waals surface area (Å²) in [5, 5.41) is 3.53. The van der Waals surface area contributed by atoms with Gasteiger partial charge in [-0.25, -0.2) is 4.98 Å². The van der Waals surface area contributed by atoms with E-state index in [0.717, 1.165) is 12.1 Å². The topological polar surface area (TPSA) is 62.3 Å². The number of amides is 2. The normalized spacial score (nSPS) is 10.4. The molecular weight excluding hydrogens is 361 g/mol. The van der Waals surface area contributed by atoms with Crippen LogP contribution in [0.3, 0.4) is 0 Å². The molecule has 0 radical (unpaired) electrons. The molecule has 0 unspecified atom stereocenters. The Labute approximate surface area is 157 Å².